The van der Waals surface area contributed by atoms with Crippen molar-refractivity contribution in [2.45, 2.75) is 16.6 Å². The first kappa shape index (κ1) is 26.7. The minimum atomic E-state index is -3.97. The van der Waals surface area contributed by atoms with Gasteiger partial charge in [-0.2, -0.15) is 12.7 Å². The Morgan fingerprint density at radius 1 is 0.946 bits per heavy atom. The fraction of sp³-hybridized carbons (Fsp3) is 0.160. The Balaban J connectivity index is 1.42. The number of aromatic nitrogens is 2. The van der Waals surface area contributed by atoms with Crippen LogP contribution in [0.4, 0.5) is 15.2 Å². The van der Waals surface area contributed by atoms with Crippen molar-refractivity contribution in [3.8, 4) is 0 Å². The van der Waals surface area contributed by atoms with Crippen molar-refractivity contribution in [3.63, 3.8) is 0 Å². The van der Waals surface area contributed by atoms with Gasteiger partial charge in [-0.1, -0.05) is 77.7 Å². The van der Waals surface area contributed by atoms with E-state index in [0.29, 0.717) is 16.3 Å². The Morgan fingerprint density at radius 3 is 2.30 bits per heavy atom. The third-order valence-corrected chi connectivity index (χ3v) is 9.08. The molecule has 0 saturated heterocycles. The molecule has 0 aliphatic heterocycles. The standard InChI is InChI=1S/C25H24FN5O3S3/c1-30(2)37(33,34)31(22-11-7-6-10-21(22)26)16-18-12-14-20(15-13-18)23(32)27-24-28-29-25(36-24)35-17-19-8-4-3-5-9-19/h3-15H,16-17H2,1-2H3,(H,27,28,32). The lowest BCUT2D eigenvalue weighted by Crippen LogP contribution is -2.40. The zero-order chi connectivity index (χ0) is 26.4. The van der Waals surface area contributed by atoms with Crippen molar-refractivity contribution in [2.75, 3.05) is 23.7 Å². The molecule has 192 valence electrons. The van der Waals surface area contributed by atoms with Crippen molar-refractivity contribution in [3.05, 3.63) is 101 Å². The molecule has 4 rings (SSSR count). The molecular formula is C25H24FN5O3S3. The van der Waals surface area contributed by atoms with Gasteiger partial charge in [0.25, 0.3) is 5.91 Å². The van der Waals surface area contributed by atoms with E-state index in [1.54, 1.807) is 30.3 Å². The van der Waals surface area contributed by atoms with E-state index in [1.165, 1.54) is 61.0 Å². The van der Waals surface area contributed by atoms with Crippen molar-refractivity contribution in [2.24, 2.45) is 0 Å². The number of carbonyl (C=O) groups excluding carboxylic acids is 1. The minimum absolute atomic E-state index is 0.0600. The fourth-order valence-corrected chi connectivity index (χ4v) is 6.08. The molecule has 1 aromatic heterocycles. The maximum absolute atomic E-state index is 14.5. The van der Waals surface area contributed by atoms with Gasteiger partial charge in [-0.3, -0.25) is 14.4 Å². The molecule has 0 radical (unpaired) electrons. The third-order valence-electron chi connectivity index (χ3n) is 5.24. The van der Waals surface area contributed by atoms with Crippen LogP contribution in [-0.4, -0.2) is 42.9 Å². The summed E-state index contributed by atoms with van der Waals surface area (Å²) in [4.78, 5) is 12.7. The number of amides is 1. The van der Waals surface area contributed by atoms with Crippen molar-refractivity contribution < 1.29 is 17.6 Å². The molecule has 0 fully saturated rings. The maximum atomic E-state index is 14.5. The van der Waals surface area contributed by atoms with Gasteiger partial charge in [0.15, 0.2) is 4.34 Å². The van der Waals surface area contributed by atoms with E-state index in [-0.39, 0.29) is 18.1 Å². The molecule has 0 unspecified atom stereocenters. The second-order valence-corrected chi connectivity index (χ2v) is 12.3. The van der Waals surface area contributed by atoms with Crippen LogP contribution in [0.1, 0.15) is 21.5 Å². The second-order valence-electron chi connectivity index (χ2n) is 8.05. The number of thioether (sulfide) groups is 1. The quantitative estimate of drug-likeness (QED) is 0.217. The number of para-hydroxylation sites is 1. The minimum Gasteiger partial charge on any atom is -0.296 e. The molecule has 0 bridgehead atoms. The van der Waals surface area contributed by atoms with Gasteiger partial charge in [-0.15, -0.1) is 10.2 Å². The third kappa shape index (κ3) is 6.72. The molecule has 0 aliphatic carbocycles. The predicted octanol–water partition coefficient (Wildman–Crippen LogP) is 5.03. The van der Waals surface area contributed by atoms with Crippen LogP contribution in [-0.2, 0) is 22.5 Å². The number of anilines is 2. The lowest BCUT2D eigenvalue weighted by atomic mass is 10.1. The summed E-state index contributed by atoms with van der Waals surface area (Å²) >= 11 is 2.82. The molecule has 4 aromatic rings. The van der Waals surface area contributed by atoms with Gasteiger partial charge >= 0.3 is 10.2 Å². The summed E-state index contributed by atoms with van der Waals surface area (Å²) < 4.78 is 43.0. The first-order valence-electron chi connectivity index (χ1n) is 11.1. The van der Waals surface area contributed by atoms with Crippen LogP contribution in [0.25, 0.3) is 0 Å². The highest BCUT2D eigenvalue weighted by Crippen LogP contribution is 2.29. The zero-order valence-corrected chi connectivity index (χ0v) is 22.5. The number of benzene rings is 3. The summed E-state index contributed by atoms with van der Waals surface area (Å²) in [6.45, 7) is -0.109. The zero-order valence-electron chi connectivity index (χ0n) is 20.0. The molecule has 1 amide bonds. The molecule has 37 heavy (non-hydrogen) atoms. The van der Waals surface area contributed by atoms with E-state index in [0.717, 1.165) is 18.7 Å². The van der Waals surface area contributed by atoms with E-state index in [2.05, 4.69) is 15.5 Å². The summed E-state index contributed by atoms with van der Waals surface area (Å²) in [5.41, 5.74) is 2.06. The Kier molecular flexibility index (Phi) is 8.54. The van der Waals surface area contributed by atoms with E-state index in [4.69, 9.17) is 0 Å². The Hall–Kier alpha value is -3.32. The van der Waals surface area contributed by atoms with Gasteiger partial charge in [-0.05, 0) is 35.4 Å². The van der Waals surface area contributed by atoms with Crippen LogP contribution in [0.15, 0.2) is 83.2 Å². The SMILES string of the molecule is CN(C)S(=O)(=O)N(Cc1ccc(C(=O)Nc2nnc(SCc3ccccc3)s2)cc1)c1ccccc1F. The van der Waals surface area contributed by atoms with Crippen LogP contribution >= 0.6 is 23.1 Å². The van der Waals surface area contributed by atoms with Crippen LogP contribution in [0.5, 0.6) is 0 Å². The topological polar surface area (TPSA) is 95.5 Å². The van der Waals surface area contributed by atoms with Crippen LogP contribution in [0.3, 0.4) is 0 Å². The Morgan fingerprint density at radius 2 is 1.62 bits per heavy atom. The number of halogens is 1. The van der Waals surface area contributed by atoms with Crippen LogP contribution in [0.2, 0.25) is 0 Å². The fourth-order valence-electron chi connectivity index (χ4n) is 3.28. The largest absolute Gasteiger partial charge is 0.303 e. The summed E-state index contributed by atoms with van der Waals surface area (Å²) in [6.07, 6.45) is 0. The Bertz CT molecular complexity index is 1460. The molecule has 1 N–H and O–H groups in total. The highest BCUT2D eigenvalue weighted by molar-refractivity contribution is 8.00. The molecule has 0 atom stereocenters. The molecule has 8 nitrogen and oxygen atoms in total. The van der Waals surface area contributed by atoms with Crippen LogP contribution < -0.4 is 9.62 Å². The lowest BCUT2D eigenvalue weighted by Gasteiger charge is -2.27. The van der Waals surface area contributed by atoms with Crippen molar-refractivity contribution in [1.29, 1.82) is 0 Å². The highest BCUT2D eigenvalue weighted by Gasteiger charge is 2.27. The summed E-state index contributed by atoms with van der Waals surface area (Å²) in [5.74, 6) is -0.269. The number of carbonyl (C=O) groups is 1. The smallest absolute Gasteiger partial charge is 0.296 e. The van der Waals surface area contributed by atoms with Gasteiger partial charge < -0.3 is 0 Å². The normalized spacial score (nSPS) is 11.5. The first-order chi connectivity index (χ1) is 17.7. The molecule has 1 heterocycles. The summed E-state index contributed by atoms with van der Waals surface area (Å²) in [7, 11) is -1.20. The van der Waals surface area contributed by atoms with Gasteiger partial charge in [-0.25, -0.2) is 4.39 Å². The summed E-state index contributed by atoms with van der Waals surface area (Å²) in [6, 6.07) is 22.1. The van der Waals surface area contributed by atoms with Crippen molar-refractivity contribution in [1.82, 2.24) is 14.5 Å². The van der Waals surface area contributed by atoms with Gasteiger partial charge in [0.2, 0.25) is 5.13 Å². The van der Waals surface area contributed by atoms with E-state index in [9.17, 15) is 17.6 Å². The summed E-state index contributed by atoms with van der Waals surface area (Å²) in [5, 5.41) is 11.3. The maximum Gasteiger partial charge on any atom is 0.303 e. The molecular weight excluding hydrogens is 534 g/mol. The van der Waals surface area contributed by atoms with Gasteiger partial charge in [0, 0.05) is 25.4 Å². The molecule has 3 aromatic carbocycles. The van der Waals surface area contributed by atoms with E-state index >= 15 is 0 Å². The molecule has 0 spiro atoms. The molecule has 0 aliphatic rings. The number of nitrogens with one attached hydrogen (secondary N) is 1. The average molecular weight is 558 g/mol. The molecule has 0 saturated carbocycles. The number of hydrogen-bond donors (Lipinski definition) is 1. The first-order valence-corrected chi connectivity index (χ1v) is 14.3. The van der Waals surface area contributed by atoms with E-state index < -0.39 is 16.0 Å². The Labute approximate surface area is 223 Å². The number of hydrogen-bond acceptors (Lipinski definition) is 7. The number of nitrogens with zero attached hydrogens (tertiary/aromatic N) is 4. The monoisotopic (exact) mass is 557 g/mol. The number of rotatable bonds is 10. The van der Waals surface area contributed by atoms with Gasteiger partial charge in [0.05, 0.1) is 12.2 Å². The second kappa shape index (κ2) is 11.8. The van der Waals surface area contributed by atoms with E-state index in [1.807, 2.05) is 30.3 Å². The van der Waals surface area contributed by atoms with Crippen LogP contribution in [0, 0.1) is 5.82 Å². The molecule has 12 heteroatoms. The highest BCUT2D eigenvalue weighted by atomic mass is 32.2. The average Bonchev–Trinajstić information content (AvgIpc) is 3.34. The van der Waals surface area contributed by atoms with Crippen molar-refractivity contribution >= 4 is 50.0 Å². The lowest BCUT2D eigenvalue weighted by molar-refractivity contribution is 0.102. The predicted molar refractivity (Wildman–Crippen MR) is 145 cm³/mol. The van der Waals surface area contributed by atoms with Gasteiger partial charge in [0.1, 0.15) is 5.82 Å².